The number of benzene rings is 1. The van der Waals surface area contributed by atoms with Crippen LogP contribution in [-0.2, 0) is 20.7 Å². The standard InChI is InChI=1S/C16H15FN2O5/c17-11-3-1-10(2-4-11)15-18-12(9-24-15)7-14(20)19-5-6-23-13(8-19)16(21)22/h1-4,9,13H,5-8H2,(H,21,22). The van der Waals surface area contributed by atoms with E-state index in [0.717, 1.165) is 0 Å². The molecule has 1 amide bonds. The first-order valence-electron chi connectivity index (χ1n) is 7.35. The molecule has 1 N–H and O–H groups in total. The Morgan fingerprint density at radius 2 is 2.08 bits per heavy atom. The molecule has 8 heteroatoms. The van der Waals surface area contributed by atoms with Gasteiger partial charge in [-0.1, -0.05) is 0 Å². The van der Waals surface area contributed by atoms with Crippen LogP contribution in [0.4, 0.5) is 4.39 Å². The highest BCUT2D eigenvalue weighted by molar-refractivity contribution is 5.80. The molecular formula is C16H15FN2O5. The Balaban J connectivity index is 1.65. The van der Waals surface area contributed by atoms with Crippen molar-refractivity contribution in [2.24, 2.45) is 0 Å². The quantitative estimate of drug-likeness (QED) is 0.907. The number of rotatable bonds is 4. The first-order chi connectivity index (χ1) is 11.5. The van der Waals surface area contributed by atoms with Crippen LogP contribution in [-0.4, -0.2) is 52.7 Å². The summed E-state index contributed by atoms with van der Waals surface area (Å²) in [5, 5.41) is 8.96. The highest BCUT2D eigenvalue weighted by Gasteiger charge is 2.29. The van der Waals surface area contributed by atoms with Crippen LogP contribution in [0.3, 0.4) is 0 Å². The molecule has 1 unspecified atom stereocenters. The van der Waals surface area contributed by atoms with E-state index in [1.165, 1.54) is 35.4 Å². The molecule has 1 aromatic carbocycles. The molecule has 1 saturated heterocycles. The molecule has 126 valence electrons. The number of amides is 1. The minimum absolute atomic E-state index is 0.00294. The van der Waals surface area contributed by atoms with Gasteiger partial charge in [-0.15, -0.1) is 0 Å². The van der Waals surface area contributed by atoms with Gasteiger partial charge < -0.3 is 19.2 Å². The SMILES string of the molecule is O=C(O)C1CN(C(=O)Cc2coc(-c3ccc(F)cc3)n2)CCO1. The van der Waals surface area contributed by atoms with Gasteiger partial charge in [0.25, 0.3) is 0 Å². The van der Waals surface area contributed by atoms with Crippen LogP contribution in [0.25, 0.3) is 11.5 Å². The van der Waals surface area contributed by atoms with E-state index in [1.54, 1.807) is 0 Å². The van der Waals surface area contributed by atoms with Crippen LogP contribution in [0.5, 0.6) is 0 Å². The van der Waals surface area contributed by atoms with Gasteiger partial charge in [-0.3, -0.25) is 4.79 Å². The first kappa shape index (κ1) is 16.1. The zero-order valence-electron chi connectivity index (χ0n) is 12.6. The third-order valence-electron chi connectivity index (χ3n) is 3.67. The number of carboxylic acids is 1. The highest BCUT2D eigenvalue weighted by atomic mass is 19.1. The molecular weight excluding hydrogens is 319 g/mol. The van der Waals surface area contributed by atoms with Crippen LogP contribution in [0.2, 0.25) is 0 Å². The van der Waals surface area contributed by atoms with E-state index >= 15 is 0 Å². The molecule has 0 spiro atoms. The van der Waals surface area contributed by atoms with Crippen LogP contribution >= 0.6 is 0 Å². The predicted octanol–water partition coefficient (Wildman–Crippen LogP) is 1.34. The summed E-state index contributed by atoms with van der Waals surface area (Å²) in [5.74, 6) is -1.40. The molecule has 2 aromatic rings. The first-order valence-corrected chi connectivity index (χ1v) is 7.35. The van der Waals surface area contributed by atoms with Crippen molar-refractivity contribution >= 4 is 11.9 Å². The van der Waals surface area contributed by atoms with Crippen LogP contribution < -0.4 is 0 Å². The maximum absolute atomic E-state index is 12.9. The summed E-state index contributed by atoms with van der Waals surface area (Å²) in [7, 11) is 0. The van der Waals surface area contributed by atoms with Gasteiger partial charge in [-0.2, -0.15) is 0 Å². The fourth-order valence-electron chi connectivity index (χ4n) is 2.41. The van der Waals surface area contributed by atoms with Crippen molar-refractivity contribution in [2.45, 2.75) is 12.5 Å². The lowest BCUT2D eigenvalue weighted by Gasteiger charge is -2.30. The van der Waals surface area contributed by atoms with Crippen LogP contribution in [0.1, 0.15) is 5.69 Å². The summed E-state index contributed by atoms with van der Waals surface area (Å²) in [4.78, 5) is 28.9. The molecule has 1 atom stereocenters. The highest BCUT2D eigenvalue weighted by Crippen LogP contribution is 2.19. The maximum atomic E-state index is 12.9. The van der Waals surface area contributed by atoms with Crippen molar-refractivity contribution in [3.8, 4) is 11.5 Å². The molecule has 7 nitrogen and oxygen atoms in total. The second kappa shape index (κ2) is 6.79. The number of carboxylic acid groups (broad SMARTS) is 1. The number of halogens is 1. The average molecular weight is 334 g/mol. The number of oxazole rings is 1. The molecule has 1 fully saturated rings. The Morgan fingerprint density at radius 3 is 2.79 bits per heavy atom. The fourth-order valence-corrected chi connectivity index (χ4v) is 2.41. The predicted molar refractivity (Wildman–Crippen MR) is 79.6 cm³/mol. The zero-order chi connectivity index (χ0) is 17.1. The summed E-state index contributed by atoms with van der Waals surface area (Å²) in [5.41, 5.74) is 1.03. The molecule has 0 radical (unpaired) electrons. The molecule has 24 heavy (non-hydrogen) atoms. The van der Waals surface area contributed by atoms with Crippen LogP contribution in [0, 0.1) is 5.82 Å². The van der Waals surface area contributed by atoms with Gasteiger partial charge in [0.05, 0.1) is 25.3 Å². The second-order valence-corrected chi connectivity index (χ2v) is 5.37. The third-order valence-corrected chi connectivity index (χ3v) is 3.67. The summed E-state index contributed by atoms with van der Waals surface area (Å²) in [6.07, 6.45) is 0.359. The topological polar surface area (TPSA) is 92.9 Å². The molecule has 0 aliphatic carbocycles. The van der Waals surface area contributed by atoms with Crippen molar-refractivity contribution in [1.82, 2.24) is 9.88 Å². The second-order valence-electron chi connectivity index (χ2n) is 5.37. The lowest BCUT2D eigenvalue weighted by atomic mass is 10.2. The normalized spacial score (nSPS) is 17.7. The number of morpholine rings is 1. The van der Waals surface area contributed by atoms with Gasteiger partial charge in [0.15, 0.2) is 6.10 Å². The fraction of sp³-hybridized carbons (Fsp3) is 0.312. The smallest absolute Gasteiger partial charge is 0.334 e. The van der Waals surface area contributed by atoms with Gasteiger partial charge in [0, 0.05) is 12.1 Å². The monoisotopic (exact) mass is 334 g/mol. The molecule has 1 aromatic heterocycles. The van der Waals surface area contributed by atoms with Crippen LogP contribution in [0.15, 0.2) is 34.9 Å². The number of hydrogen-bond acceptors (Lipinski definition) is 5. The van der Waals surface area contributed by atoms with Crippen molar-refractivity contribution < 1.29 is 28.2 Å². The van der Waals surface area contributed by atoms with Crippen molar-refractivity contribution in [3.63, 3.8) is 0 Å². The number of carbonyl (C=O) groups excluding carboxylic acids is 1. The van der Waals surface area contributed by atoms with E-state index in [2.05, 4.69) is 4.98 Å². The minimum Gasteiger partial charge on any atom is -0.479 e. The molecule has 1 aliphatic rings. The number of ether oxygens (including phenoxy) is 1. The molecule has 2 heterocycles. The lowest BCUT2D eigenvalue weighted by molar-refractivity contribution is -0.159. The van der Waals surface area contributed by atoms with Gasteiger partial charge in [0.2, 0.25) is 11.8 Å². The lowest BCUT2D eigenvalue weighted by Crippen LogP contribution is -2.49. The van der Waals surface area contributed by atoms with E-state index in [0.29, 0.717) is 23.7 Å². The summed E-state index contributed by atoms with van der Waals surface area (Å²) in [6.45, 7) is 0.532. The maximum Gasteiger partial charge on any atom is 0.334 e. The van der Waals surface area contributed by atoms with Crippen molar-refractivity contribution in [2.75, 3.05) is 19.7 Å². The van der Waals surface area contributed by atoms with E-state index in [-0.39, 0.29) is 31.3 Å². The third kappa shape index (κ3) is 3.60. The largest absolute Gasteiger partial charge is 0.479 e. The number of aliphatic carboxylic acids is 1. The Hall–Kier alpha value is -2.74. The molecule has 1 aliphatic heterocycles. The Labute approximate surface area is 136 Å². The molecule has 3 rings (SSSR count). The van der Waals surface area contributed by atoms with E-state index in [9.17, 15) is 14.0 Å². The van der Waals surface area contributed by atoms with Gasteiger partial charge >= 0.3 is 5.97 Å². The van der Waals surface area contributed by atoms with Crippen molar-refractivity contribution in [3.05, 3.63) is 42.0 Å². The summed E-state index contributed by atoms with van der Waals surface area (Å²) >= 11 is 0. The summed E-state index contributed by atoms with van der Waals surface area (Å²) in [6, 6.07) is 5.66. The minimum atomic E-state index is -1.09. The average Bonchev–Trinajstić information content (AvgIpc) is 3.04. The Kier molecular flexibility index (Phi) is 4.57. The molecule has 0 bridgehead atoms. The number of nitrogens with zero attached hydrogens (tertiary/aromatic N) is 2. The number of hydrogen-bond donors (Lipinski definition) is 1. The summed E-state index contributed by atoms with van der Waals surface area (Å²) < 4.78 is 23.3. The number of carbonyl (C=O) groups is 2. The van der Waals surface area contributed by atoms with Crippen molar-refractivity contribution in [1.29, 1.82) is 0 Å². The van der Waals surface area contributed by atoms with E-state index in [4.69, 9.17) is 14.3 Å². The zero-order valence-corrected chi connectivity index (χ0v) is 12.6. The Bertz CT molecular complexity index is 743. The van der Waals surface area contributed by atoms with Gasteiger partial charge in [-0.05, 0) is 24.3 Å². The van der Waals surface area contributed by atoms with Gasteiger partial charge in [0.1, 0.15) is 12.1 Å². The number of aromatic nitrogens is 1. The Morgan fingerprint density at radius 1 is 1.33 bits per heavy atom. The van der Waals surface area contributed by atoms with Gasteiger partial charge in [-0.25, -0.2) is 14.2 Å². The van der Waals surface area contributed by atoms with E-state index < -0.39 is 12.1 Å². The van der Waals surface area contributed by atoms with E-state index in [1.807, 2.05) is 0 Å². The molecule has 0 saturated carbocycles.